The Labute approximate surface area is 135 Å². The van der Waals surface area contributed by atoms with E-state index >= 15 is 0 Å². The summed E-state index contributed by atoms with van der Waals surface area (Å²) in [5.41, 5.74) is 6.63. The number of nitrogens with two attached hydrogens (primary N) is 1. The smallest absolute Gasteiger partial charge is 0.262 e. The molecule has 5 nitrogen and oxygen atoms in total. The molecule has 0 aromatic heterocycles. The van der Waals surface area contributed by atoms with Crippen LogP contribution in [0, 0.1) is 6.92 Å². The van der Waals surface area contributed by atoms with E-state index in [1.165, 1.54) is 24.3 Å². The molecular weight excluding hydrogens is 380 g/mol. The maximum Gasteiger partial charge on any atom is 0.262 e. The Balaban J connectivity index is 2.42. The lowest BCUT2D eigenvalue weighted by Gasteiger charge is -2.12. The maximum absolute atomic E-state index is 12.3. The Kier molecular flexibility index (Phi) is 4.36. The number of hydrogen-bond acceptors (Lipinski definition) is 4. The maximum atomic E-state index is 12.3. The number of sulfonamides is 1. The van der Waals surface area contributed by atoms with Gasteiger partial charge in [0.2, 0.25) is 0 Å². The quantitative estimate of drug-likeness (QED) is 0.551. The molecule has 0 aliphatic carbocycles. The van der Waals surface area contributed by atoms with Crippen LogP contribution in [0.15, 0.2) is 39.7 Å². The van der Waals surface area contributed by atoms with Crippen LogP contribution >= 0.6 is 27.5 Å². The fourth-order valence-electron chi connectivity index (χ4n) is 1.63. The molecule has 0 heterocycles. The number of aromatic hydroxyl groups is 1. The van der Waals surface area contributed by atoms with E-state index in [2.05, 4.69) is 20.7 Å². The molecule has 0 atom stereocenters. The summed E-state index contributed by atoms with van der Waals surface area (Å²) in [4.78, 5) is -0.0543. The van der Waals surface area contributed by atoms with Crippen LogP contribution in [0.4, 0.5) is 11.4 Å². The summed E-state index contributed by atoms with van der Waals surface area (Å²) in [6, 6.07) is 6.90. The number of hydrogen-bond donors (Lipinski definition) is 3. The highest BCUT2D eigenvalue weighted by atomic mass is 79.9. The van der Waals surface area contributed by atoms with Gasteiger partial charge in [0.1, 0.15) is 5.75 Å². The number of nitrogen functional groups attached to an aromatic ring is 1. The van der Waals surface area contributed by atoms with E-state index in [9.17, 15) is 13.5 Å². The van der Waals surface area contributed by atoms with Gasteiger partial charge < -0.3 is 10.8 Å². The van der Waals surface area contributed by atoms with E-state index in [4.69, 9.17) is 17.3 Å². The second-order valence-electron chi connectivity index (χ2n) is 4.41. The second kappa shape index (κ2) is 5.75. The molecule has 21 heavy (non-hydrogen) atoms. The summed E-state index contributed by atoms with van der Waals surface area (Å²) in [5.74, 6) is -0.173. The molecular formula is C13H12BrClN2O3S. The number of rotatable bonds is 3. The zero-order chi connectivity index (χ0) is 15.8. The van der Waals surface area contributed by atoms with Crippen LogP contribution in [0.1, 0.15) is 5.56 Å². The van der Waals surface area contributed by atoms with E-state index in [1.54, 1.807) is 6.07 Å². The lowest BCUT2D eigenvalue weighted by Crippen LogP contribution is -2.13. The Morgan fingerprint density at radius 1 is 1.29 bits per heavy atom. The fourth-order valence-corrected chi connectivity index (χ4v) is 3.59. The van der Waals surface area contributed by atoms with E-state index in [-0.39, 0.29) is 16.3 Å². The van der Waals surface area contributed by atoms with E-state index in [0.717, 1.165) is 5.56 Å². The van der Waals surface area contributed by atoms with Crippen LogP contribution in [0.5, 0.6) is 5.75 Å². The molecule has 112 valence electrons. The minimum Gasteiger partial charge on any atom is -0.506 e. The molecule has 0 spiro atoms. The first-order chi connectivity index (χ1) is 9.70. The third-order valence-electron chi connectivity index (χ3n) is 2.80. The van der Waals surface area contributed by atoms with Crippen LogP contribution in [0.25, 0.3) is 0 Å². The summed E-state index contributed by atoms with van der Waals surface area (Å²) in [6.07, 6.45) is 0. The SMILES string of the molecule is Cc1cc(Br)c(NS(=O)(=O)c2ccc(O)c(N)c2)cc1Cl. The number of halogens is 2. The van der Waals surface area contributed by atoms with Crippen LogP contribution in [0.3, 0.4) is 0 Å². The van der Waals surface area contributed by atoms with Crippen molar-refractivity contribution in [3.63, 3.8) is 0 Å². The van der Waals surface area contributed by atoms with Crippen molar-refractivity contribution in [1.82, 2.24) is 0 Å². The third-order valence-corrected chi connectivity index (χ3v) is 5.23. The predicted octanol–water partition coefficient (Wildman–Crippen LogP) is 3.50. The largest absolute Gasteiger partial charge is 0.506 e. The second-order valence-corrected chi connectivity index (χ2v) is 7.35. The van der Waals surface area contributed by atoms with Crippen LogP contribution < -0.4 is 10.5 Å². The molecule has 2 aromatic rings. The van der Waals surface area contributed by atoms with Crippen molar-refractivity contribution < 1.29 is 13.5 Å². The van der Waals surface area contributed by atoms with Crippen molar-refractivity contribution in [1.29, 1.82) is 0 Å². The molecule has 0 aliphatic rings. The highest BCUT2D eigenvalue weighted by Gasteiger charge is 2.17. The molecule has 4 N–H and O–H groups in total. The van der Waals surface area contributed by atoms with Crippen molar-refractivity contribution in [2.45, 2.75) is 11.8 Å². The van der Waals surface area contributed by atoms with E-state index in [0.29, 0.717) is 15.2 Å². The van der Waals surface area contributed by atoms with Gasteiger partial charge in [-0.15, -0.1) is 0 Å². The molecule has 0 unspecified atom stereocenters. The van der Waals surface area contributed by atoms with Gasteiger partial charge in [-0.2, -0.15) is 0 Å². The van der Waals surface area contributed by atoms with Crippen molar-refractivity contribution in [2.24, 2.45) is 0 Å². The Morgan fingerprint density at radius 3 is 2.57 bits per heavy atom. The summed E-state index contributed by atoms with van der Waals surface area (Å²) in [7, 11) is -3.83. The van der Waals surface area contributed by atoms with Crippen LogP contribution in [-0.2, 0) is 10.0 Å². The number of aryl methyl sites for hydroxylation is 1. The van der Waals surface area contributed by atoms with Gasteiger partial charge in [0.25, 0.3) is 10.0 Å². The van der Waals surface area contributed by atoms with Gasteiger partial charge in [-0.05, 0) is 58.7 Å². The first-order valence-electron chi connectivity index (χ1n) is 5.77. The zero-order valence-electron chi connectivity index (χ0n) is 10.9. The minimum absolute atomic E-state index is 0.0149. The normalized spacial score (nSPS) is 11.4. The Bertz CT molecular complexity index is 809. The summed E-state index contributed by atoms with van der Waals surface area (Å²) in [6.45, 7) is 1.81. The molecule has 8 heteroatoms. The van der Waals surface area contributed by atoms with Crippen molar-refractivity contribution >= 4 is 48.9 Å². The number of phenols is 1. The first kappa shape index (κ1) is 15.9. The number of anilines is 2. The molecule has 0 bridgehead atoms. The van der Waals surface area contributed by atoms with Crippen molar-refractivity contribution in [2.75, 3.05) is 10.5 Å². The summed E-state index contributed by atoms with van der Waals surface area (Å²) in [5, 5.41) is 9.79. The average Bonchev–Trinajstić information content (AvgIpc) is 2.39. The van der Waals surface area contributed by atoms with Crippen molar-refractivity contribution in [3.05, 3.63) is 45.4 Å². The highest BCUT2D eigenvalue weighted by Crippen LogP contribution is 2.31. The molecule has 2 rings (SSSR count). The van der Waals surface area contributed by atoms with E-state index in [1.807, 2.05) is 6.92 Å². The van der Waals surface area contributed by atoms with Crippen LogP contribution in [0.2, 0.25) is 5.02 Å². The van der Waals surface area contributed by atoms with Crippen LogP contribution in [-0.4, -0.2) is 13.5 Å². The molecule has 2 aromatic carbocycles. The lowest BCUT2D eigenvalue weighted by molar-refractivity contribution is 0.477. The summed E-state index contributed by atoms with van der Waals surface area (Å²) < 4.78 is 27.6. The van der Waals surface area contributed by atoms with Gasteiger partial charge >= 0.3 is 0 Å². The monoisotopic (exact) mass is 390 g/mol. The van der Waals surface area contributed by atoms with E-state index < -0.39 is 10.0 Å². The Morgan fingerprint density at radius 2 is 1.95 bits per heavy atom. The van der Waals surface area contributed by atoms with Gasteiger partial charge in [0.05, 0.1) is 16.3 Å². The molecule has 0 fully saturated rings. The lowest BCUT2D eigenvalue weighted by atomic mass is 10.2. The van der Waals surface area contributed by atoms with Gasteiger partial charge in [-0.1, -0.05) is 11.6 Å². The molecule has 0 radical (unpaired) electrons. The molecule has 0 aliphatic heterocycles. The van der Waals surface area contributed by atoms with Crippen molar-refractivity contribution in [3.8, 4) is 5.75 Å². The van der Waals surface area contributed by atoms with Gasteiger partial charge in [-0.3, -0.25) is 4.72 Å². The number of phenolic OH excluding ortho intramolecular Hbond substituents is 1. The number of nitrogens with one attached hydrogen (secondary N) is 1. The molecule has 0 saturated heterocycles. The average molecular weight is 392 g/mol. The minimum atomic E-state index is -3.83. The van der Waals surface area contributed by atoms with Gasteiger partial charge in [0, 0.05) is 9.50 Å². The number of benzene rings is 2. The standard InChI is InChI=1S/C13H12BrClN2O3S/c1-7-4-9(14)12(6-10(7)15)17-21(19,20)8-2-3-13(18)11(16)5-8/h2-6,17-18H,16H2,1H3. The first-order valence-corrected chi connectivity index (χ1v) is 8.43. The summed E-state index contributed by atoms with van der Waals surface area (Å²) >= 11 is 9.28. The Hall–Kier alpha value is -1.44. The highest BCUT2D eigenvalue weighted by molar-refractivity contribution is 9.10. The van der Waals surface area contributed by atoms with Gasteiger partial charge in [0.15, 0.2) is 0 Å². The molecule has 0 saturated carbocycles. The molecule has 0 amide bonds. The van der Waals surface area contributed by atoms with Gasteiger partial charge in [-0.25, -0.2) is 8.42 Å². The third kappa shape index (κ3) is 3.42. The zero-order valence-corrected chi connectivity index (χ0v) is 14.1. The fraction of sp³-hybridized carbons (Fsp3) is 0.0769. The predicted molar refractivity (Wildman–Crippen MR) is 87.2 cm³/mol. The topological polar surface area (TPSA) is 92.4 Å².